The second-order valence-electron chi connectivity index (χ2n) is 5.35. The van der Waals surface area contributed by atoms with Gasteiger partial charge in [-0.2, -0.15) is 0 Å². The molecular weight excluding hydrogens is 290 g/mol. The van der Waals surface area contributed by atoms with E-state index in [4.69, 9.17) is 5.73 Å². The van der Waals surface area contributed by atoms with Gasteiger partial charge in [-0.3, -0.25) is 9.59 Å². The monoisotopic (exact) mass is 311 g/mol. The molecule has 116 valence electrons. The summed E-state index contributed by atoms with van der Waals surface area (Å²) in [6.07, 6.45) is 2.20. The van der Waals surface area contributed by atoms with Gasteiger partial charge < -0.3 is 16.0 Å². The number of hydrogen-bond donors (Lipinski definition) is 2. The Labute approximate surface area is 131 Å². The minimum atomic E-state index is -0.530. The molecule has 1 atom stereocenters. The molecule has 0 heterocycles. The van der Waals surface area contributed by atoms with Crippen LogP contribution >= 0.6 is 12.4 Å². The van der Waals surface area contributed by atoms with E-state index in [1.807, 2.05) is 29.2 Å². The van der Waals surface area contributed by atoms with E-state index in [9.17, 15) is 9.59 Å². The van der Waals surface area contributed by atoms with Crippen molar-refractivity contribution in [3.63, 3.8) is 0 Å². The van der Waals surface area contributed by atoms with Crippen LogP contribution in [0.3, 0.4) is 0 Å². The zero-order chi connectivity index (χ0) is 14.7. The average Bonchev–Trinajstić information content (AvgIpc) is 3.21. The Kier molecular flexibility index (Phi) is 6.18. The number of halogens is 1. The number of hydrogen-bond acceptors (Lipinski definition) is 3. The number of carbonyl (C=O) groups excluding carboxylic acids is 2. The number of carbonyl (C=O) groups is 2. The van der Waals surface area contributed by atoms with Crippen molar-refractivity contribution >= 4 is 29.9 Å². The standard InChI is InChI=1S/C15H21N3O2.ClH/c1-10(16)15(20)17-13-5-3-12(4-6-13)9-18(11(2)19)14-7-8-14;/h3-6,10,14H,7-9,16H2,1-2H3,(H,17,20);1H/t10-;/m1./s1. The maximum absolute atomic E-state index is 11.6. The molecule has 1 aromatic carbocycles. The van der Waals surface area contributed by atoms with E-state index in [-0.39, 0.29) is 24.2 Å². The van der Waals surface area contributed by atoms with Crippen molar-refractivity contribution in [1.29, 1.82) is 0 Å². The maximum Gasteiger partial charge on any atom is 0.240 e. The predicted molar refractivity (Wildman–Crippen MR) is 85.2 cm³/mol. The van der Waals surface area contributed by atoms with Crippen LogP contribution in [-0.4, -0.2) is 28.8 Å². The van der Waals surface area contributed by atoms with Gasteiger partial charge in [0.1, 0.15) is 0 Å². The van der Waals surface area contributed by atoms with Crippen LogP contribution in [0.4, 0.5) is 5.69 Å². The van der Waals surface area contributed by atoms with Gasteiger partial charge in [-0.15, -0.1) is 12.4 Å². The number of nitrogens with one attached hydrogen (secondary N) is 1. The average molecular weight is 312 g/mol. The summed E-state index contributed by atoms with van der Waals surface area (Å²) in [7, 11) is 0. The Balaban J connectivity index is 0.00000220. The van der Waals surface area contributed by atoms with Crippen LogP contribution in [0.2, 0.25) is 0 Å². The largest absolute Gasteiger partial charge is 0.336 e. The van der Waals surface area contributed by atoms with Crippen LogP contribution < -0.4 is 11.1 Å². The van der Waals surface area contributed by atoms with E-state index < -0.39 is 6.04 Å². The second kappa shape index (κ2) is 7.43. The van der Waals surface area contributed by atoms with E-state index in [0.29, 0.717) is 12.6 Å². The van der Waals surface area contributed by atoms with E-state index in [0.717, 1.165) is 24.1 Å². The maximum atomic E-state index is 11.6. The fourth-order valence-corrected chi connectivity index (χ4v) is 2.03. The van der Waals surface area contributed by atoms with Crippen molar-refractivity contribution in [3.8, 4) is 0 Å². The van der Waals surface area contributed by atoms with Gasteiger partial charge in [0.25, 0.3) is 0 Å². The zero-order valence-corrected chi connectivity index (χ0v) is 13.2. The third-order valence-electron chi connectivity index (χ3n) is 3.38. The molecule has 1 fully saturated rings. The van der Waals surface area contributed by atoms with Crippen molar-refractivity contribution in [1.82, 2.24) is 4.90 Å². The Hall–Kier alpha value is -1.59. The van der Waals surface area contributed by atoms with Gasteiger partial charge in [-0.25, -0.2) is 0 Å². The number of anilines is 1. The van der Waals surface area contributed by atoms with Crippen molar-refractivity contribution in [2.75, 3.05) is 5.32 Å². The third kappa shape index (κ3) is 5.02. The summed E-state index contributed by atoms with van der Waals surface area (Å²) in [6, 6.07) is 7.40. The lowest BCUT2D eigenvalue weighted by Gasteiger charge is -2.20. The van der Waals surface area contributed by atoms with Crippen LogP contribution in [0.1, 0.15) is 32.3 Å². The molecule has 21 heavy (non-hydrogen) atoms. The molecule has 0 bridgehead atoms. The summed E-state index contributed by atoms with van der Waals surface area (Å²) < 4.78 is 0. The molecule has 0 spiro atoms. The van der Waals surface area contributed by atoms with Crippen LogP contribution in [0.25, 0.3) is 0 Å². The zero-order valence-electron chi connectivity index (χ0n) is 12.3. The molecule has 6 heteroatoms. The summed E-state index contributed by atoms with van der Waals surface area (Å²) in [6.45, 7) is 3.88. The molecule has 5 nitrogen and oxygen atoms in total. The number of amides is 2. The number of rotatable bonds is 5. The van der Waals surface area contributed by atoms with E-state index in [1.54, 1.807) is 13.8 Å². The topological polar surface area (TPSA) is 75.4 Å². The molecule has 0 saturated heterocycles. The lowest BCUT2D eigenvalue weighted by molar-refractivity contribution is -0.130. The molecule has 1 saturated carbocycles. The van der Waals surface area contributed by atoms with Crippen molar-refractivity contribution in [3.05, 3.63) is 29.8 Å². The van der Waals surface area contributed by atoms with Gasteiger partial charge in [0.05, 0.1) is 6.04 Å². The molecule has 1 aliphatic carbocycles. The summed E-state index contributed by atoms with van der Waals surface area (Å²) in [5.41, 5.74) is 7.28. The van der Waals surface area contributed by atoms with Crippen LogP contribution in [-0.2, 0) is 16.1 Å². The molecule has 0 aliphatic heterocycles. The van der Waals surface area contributed by atoms with Gasteiger partial charge in [0, 0.05) is 25.2 Å². The van der Waals surface area contributed by atoms with Crippen molar-refractivity contribution in [2.45, 2.75) is 45.3 Å². The molecule has 1 aliphatic rings. The fourth-order valence-electron chi connectivity index (χ4n) is 2.03. The highest BCUT2D eigenvalue weighted by atomic mass is 35.5. The SMILES string of the molecule is CC(=O)N(Cc1ccc(NC(=O)[C@@H](C)N)cc1)C1CC1.Cl. The molecule has 0 radical (unpaired) electrons. The number of benzene rings is 1. The van der Waals surface area contributed by atoms with Crippen LogP contribution in [0, 0.1) is 0 Å². The van der Waals surface area contributed by atoms with Gasteiger partial charge in [0.15, 0.2) is 0 Å². The Morgan fingerprint density at radius 3 is 2.33 bits per heavy atom. The van der Waals surface area contributed by atoms with Crippen molar-refractivity contribution < 1.29 is 9.59 Å². The molecule has 2 rings (SSSR count). The summed E-state index contributed by atoms with van der Waals surface area (Å²) in [4.78, 5) is 24.9. The minimum Gasteiger partial charge on any atom is -0.336 e. The molecule has 0 unspecified atom stereocenters. The second-order valence-corrected chi connectivity index (χ2v) is 5.35. The van der Waals surface area contributed by atoms with Gasteiger partial charge in [-0.1, -0.05) is 12.1 Å². The predicted octanol–water partition coefficient (Wildman–Crippen LogP) is 1.90. The first-order chi connectivity index (χ1) is 9.47. The van der Waals surface area contributed by atoms with E-state index in [1.165, 1.54) is 0 Å². The third-order valence-corrected chi connectivity index (χ3v) is 3.38. The highest BCUT2D eigenvalue weighted by molar-refractivity contribution is 5.94. The van der Waals surface area contributed by atoms with E-state index >= 15 is 0 Å². The highest BCUT2D eigenvalue weighted by Crippen LogP contribution is 2.28. The van der Waals surface area contributed by atoms with E-state index in [2.05, 4.69) is 5.32 Å². The quantitative estimate of drug-likeness (QED) is 0.872. The van der Waals surface area contributed by atoms with Crippen LogP contribution in [0.5, 0.6) is 0 Å². The molecule has 2 amide bonds. The summed E-state index contributed by atoms with van der Waals surface area (Å²) >= 11 is 0. The molecule has 0 aromatic heterocycles. The first-order valence-corrected chi connectivity index (χ1v) is 6.90. The first kappa shape index (κ1) is 17.5. The van der Waals surface area contributed by atoms with Crippen molar-refractivity contribution in [2.24, 2.45) is 5.73 Å². The molecule has 3 N–H and O–H groups in total. The summed E-state index contributed by atoms with van der Waals surface area (Å²) in [5, 5.41) is 2.74. The molecule has 1 aromatic rings. The highest BCUT2D eigenvalue weighted by Gasteiger charge is 2.30. The summed E-state index contributed by atoms with van der Waals surface area (Å²) in [5.74, 6) is -0.0945. The Bertz CT molecular complexity index is 498. The normalized spacial score (nSPS) is 14.8. The van der Waals surface area contributed by atoms with Gasteiger partial charge in [0.2, 0.25) is 11.8 Å². The molecular formula is C15H22ClN3O2. The Morgan fingerprint density at radius 1 is 1.33 bits per heavy atom. The first-order valence-electron chi connectivity index (χ1n) is 6.90. The van der Waals surface area contributed by atoms with Crippen LogP contribution in [0.15, 0.2) is 24.3 Å². The van der Waals surface area contributed by atoms with Gasteiger partial charge >= 0.3 is 0 Å². The number of nitrogens with two attached hydrogens (primary N) is 1. The fraction of sp³-hybridized carbons (Fsp3) is 0.467. The van der Waals surface area contributed by atoms with Gasteiger partial charge in [-0.05, 0) is 37.5 Å². The smallest absolute Gasteiger partial charge is 0.240 e. The Morgan fingerprint density at radius 2 is 1.90 bits per heavy atom. The lowest BCUT2D eigenvalue weighted by atomic mass is 10.2. The number of nitrogens with zero attached hydrogens (tertiary/aromatic N) is 1. The minimum absolute atomic E-state index is 0. The lowest BCUT2D eigenvalue weighted by Crippen LogP contribution is -2.32.